The second-order valence-corrected chi connectivity index (χ2v) is 8.16. The molecule has 2 aromatic rings. The number of carbonyl (C=O) groups is 1. The Morgan fingerprint density at radius 2 is 1.89 bits per heavy atom. The maximum absolute atomic E-state index is 13.2. The van der Waals surface area contributed by atoms with Gasteiger partial charge in [-0.15, -0.1) is 0 Å². The number of piperidine rings is 1. The molecule has 2 aliphatic heterocycles. The van der Waals surface area contributed by atoms with Crippen LogP contribution in [0.4, 0.5) is 5.69 Å². The standard InChI is InChI=1S/C23H26N4O/c1-26-11-3-10-23(15-26)20-13-18(8-9-21(20)27(2)22(23)28)17-6-4-16(5-7-17)12-19(25)14-24/h4-9,13,19H,3,10-12,15,25H2,1-2H3/t19-,23?/m0/s1. The molecule has 2 N–H and O–H groups in total. The zero-order valence-corrected chi connectivity index (χ0v) is 16.5. The van der Waals surface area contributed by atoms with Gasteiger partial charge in [0.15, 0.2) is 0 Å². The highest BCUT2D eigenvalue weighted by Gasteiger charge is 2.51. The number of likely N-dealkylation sites (tertiary alicyclic amines) is 1. The lowest BCUT2D eigenvalue weighted by molar-refractivity contribution is -0.124. The van der Waals surface area contributed by atoms with E-state index in [4.69, 9.17) is 11.0 Å². The van der Waals surface area contributed by atoms with Gasteiger partial charge >= 0.3 is 0 Å². The van der Waals surface area contributed by atoms with Gasteiger partial charge in [0.2, 0.25) is 5.91 Å². The summed E-state index contributed by atoms with van der Waals surface area (Å²) >= 11 is 0. The third kappa shape index (κ3) is 2.99. The molecule has 0 aliphatic carbocycles. The molecule has 28 heavy (non-hydrogen) atoms. The van der Waals surface area contributed by atoms with E-state index in [9.17, 15) is 4.79 Å². The van der Waals surface area contributed by atoms with E-state index in [1.807, 2.05) is 24.1 Å². The molecule has 0 radical (unpaired) electrons. The smallest absolute Gasteiger partial charge is 0.238 e. The van der Waals surface area contributed by atoms with Gasteiger partial charge in [-0.1, -0.05) is 30.3 Å². The molecule has 1 amide bonds. The van der Waals surface area contributed by atoms with Crippen LogP contribution in [0.1, 0.15) is 24.0 Å². The first kappa shape index (κ1) is 18.7. The molecule has 0 aromatic heterocycles. The maximum Gasteiger partial charge on any atom is 0.238 e. The topological polar surface area (TPSA) is 73.4 Å². The number of fused-ring (bicyclic) bond motifs is 2. The van der Waals surface area contributed by atoms with E-state index in [2.05, 4.69) is 48.3 Å². The molecular weight excluding hydrogens is 348 g/mol. The molecule has 0 bridgehead atoms. The molecule has 2 heterocycles. The largest absolute Gasteiger partial charge is 0.316 e. The Labute approximate surface area is 166 Å². The number of carbonyl (C=O) groups excluding carboxylic acids is 1. The van der Waals surface area contributed by atoms with Crippen LogP contribution in [-0.4, -0.2) is 44.0 Å². The molecule has 0 saturated carbocycles. The van der Waals surface area contributed by atoms with Crippen molar-refractivity contribution in [3.05, 3.63) is 53.6 Å². The van der Waals surface area contributed by atoms with E-state index < -0.39 is 11.5 Å². The van der Waals surface area contributed by atoms with E-state index in [1.54, 1.807) is 0 Å². The molecular formula is C23H26N4O. The molecule has 144 valence electrons. The Hall–Kier alpha value is -2.68. The van der Waals surface area contributed by atoms with E-state index in [-0.39, 0.29) is 5.91 Å². The van der Waals surface area contributed by atoms with Gasteiger partial charge in [0, 0.05) is 25.7 Å². The molecule has 1 saturated heterocycles. The summed E-state index contributed by atoms with van der Waals surface area (Å²) in [4.78, 5) is 17.3. The highest BCUT2D eigenvalue weighted by molar-refractivity contribution is 6.08. The number of nitrogens with zero attached hydrogens (tertiary/aromatic N) is 3. The quantitative estimate of drug-likeness (QED) is 0.896. The van der Waals surface area contributed by atoms with Crippen molar-refractivity contribution in [3.63, 3.8) is 0 Å². The summed E-state index contributed by atoms with van der Waals surface area (Å²) in [6, 6.07) is 16.2. The van der Waals surface area contributed by atoms with Crippen LogP contribution in [0.2, 0.25) is 0 Å². The molecule has 1 unspecified atom stereocenters. The number of rotatable bonds is 3. The van der Waals surface area contributed by atoms with Crippen LogP contribution in [0.15, 0.2) is 42.5 Å². The highest BCUT2D eigenvalue weighted by Crippen LogP contribution is 2.47. The Morgan fingerprint density at radius 3 is 2.57 bits per heavy atom. The number of nitriles is 1. The van der Waals surface area contributed by atoms with Crippen molar-refractivity contribution in [3.8, 4) is 17.2 Å². The summed E-state index contributed by atoms with van der Waals surface area (Å²) in [5.74, 6) is 0.215. The minimum absolute atomic E-state index is 0.215. The molecule has 1 spiro atoms. The van der Waals surface area contributed by atoms with Gasteiger partial charge < -0.3 is 15.5 Å². The van der Waals surface area contributed by atoms with Crippen molar-refractivity contribution < 1.29 is 4.79 Å². The summed E-state index contributed by atoms with van der Waals surface area (Å²) in [6.45, 7) is 1.82. The fraction of sp³-hybridized carbons (Fsp3) is 0.391. The van der Waals surface area contributed by atoms with Crippen molar-refractivity contribution in [2.75, 3.05) is 32.1 Å². The van der Waals surface area contributed by atoms with Crippen LogP contribution in [0.3, 0.4) is 0 Å². The molecule has 2 aliphatic rings. The monoisotopic (exact) mass is 374 g/mol. The lowest BCUT2D eigenvalue weighted by atomic mass is 9.74. The average Bonchev–Trinajstić information content (AvgIpc) is 2.90. The first-order chi connectivity index (χ1) is 13.4. The van der Waals surface area contributed by atoms with Crippen molar-refractivity contribution in [2.45, 2.75) is 30.7 Å². The molecule has 5 nitrogen and oxygen atoms in total. The summed E-state index contributed by atoms with van der Waals surface area (Å²) in [6.07, 6.45) is 2.49. The maximum atomic E-state index is 13.2. The van der Waals surface area contributed by atoms with Crippen LogP contribution < -0.4 is 10.6 Å². The number of nitrogens with two attached hydrogens (primary N) is 1. The van der Waals surface area contributed by atoms with E-state index in [0.29, 0.717) is 6.42 Å². The number of hydrogen-bond acceptors (Lipinski definition) is 4. The summed E-state index contributed by atoms with van der Waals surface area (Å²) in [5, 5.41) is 8.89. The zero-order chi connectivity index (χ0) is 19.9. The number of benzene rings is 2. The first-order valence-corrected chi connectivity index (χ1v) is 9.80. The number of likely N-dealkylation sites (N-methyl/N-ethyl adjacent to an activating group) is 2. The molecule has 2 aromatic carbocycles. The second-order valence-electron chi connectivity index (χ2n) is 8.16. The SMILES string of the molecule is CN1CCCC2(C1)C(=O)N(C)c1ccc(-c3ccc(C[C@H](N)C#N)cc3)cc12. The van der Waals surface area contributed by atoms with Crippen molar-refractivity contribution in [2.24, 2.45) is 5.73 Å². The van der Waals surface area contributed by atoms with E-state index in [0.717, 1.165) is 53.9 Å². The minimum Gasteiger partial charge on any atom is -0.316 e. The summed E-state index contributed by atoms with van der Waals surface area (Å²) in [5.41, 5.74) is 10.8. The van der Waals surface area contributed by atoms with Gasteiger partial charge in [-0.3, -0.25) is 4.79 Å². The van der Waals surface area contributed by atoms with Gasteiger partial charge in [0.1, 0.15) is 0 Å². The lowest BCUT2D eigenvalue weighted by Gasteiger charge is -2.37. The first-order valence-electron chi connectivity index (χ1n) is 9.80. The Balaban J connectivity index is 1.70. The highest BCUT2D eigenvalue weighted by atomic mass is 16.2. The average molecular weight is 374 g/mol. The third-order valence-corrected chi connectivity index (χ3v) is 6.18. The van der Waals surface area contributed by atoms with Crippen molar-refractivity contribution >= 4 is 11.6 Å². The zero-order valence-electron chi connectivity index (χ0n) is 16.5. The van der Waals surface area contributed by atoms with E-state index >= 15 is 0 Å². The third-order valence-electron chi connectivity index (χ3n) is 6.18. The number of amides is 1. The van der Waals surface area contributed by atoms with Crippen LogP contribution in [0.25, 0.3) is 11.1 Å². The van der Waals surface area contributed by atoms with Crippen LogP contribution in [0, 0.1) is 11.3 Å². The van der Waals surface area contributed by atoms with Gasteiger partial charge in [0.05, 0.1) is 17.5 Å². The van der Waals surface area contributed by atoms with Crippen molar-refractivity contribution in [1.82, 2.24) is 4.90 Å². The Kier molecular flexibility index (Phi) is 4.70. The van der Waals surface area contributed by atoms with Gasteiger partial charge in [-0.25, -0.2) is 0 Å². The van der Waals surface area contributed by atoms with Gasteiger partial charge in [-0.05, 0) is 60.8 Å². The molecule has 5 heteroatoms. The molecule has 2 atom stereocenters. The van der Waals surface area contributed by atoms with Crippen molar-refractivity contribution in [1.29, 1.82) is 5.26 Å². The lowest BCUT2D eigenvalue weighted by Crippen LogP contribution is -2.50. The molecule has 4 rings (SSSR count). The van der Waals surface area contributed by atoms with Crippen LogP contribution in [0.5, 0.6) is 0 Å². The Bertz CT molecular complexity index is 946. The normalized spacial score (nSPS) is 22.9. The summed E-state index contributed by atoms with van der Waals surface area (Å²) < 4.78 is 0. The van der Waals surface area contributed by atoms with Crippen LogP contribution >= 0.6 is 0 Å². The second kappa shape index (κ2) is 7.05. The van der Waals surface area contributed by atoms with Crippen LogP contribution in [-0.2, 0) is 16.6 Å². The van der Waals surface area contributed by atoms with Gasteiger partial charge in [0.25, 0.3) is 0 Å². The molecule has 1 fully saturated rings. The fourth-order valence-corrected chi connectivity index (χ4v) is 4.73. The minimum atomic E-state index is -0.476. The summed E-state index contributed by atoms with van der Waals surface area (Å²) in [7, 11) is 3.98. The predicted octanol–water partition coefficient (Wildman–Crippen LogP) is 2.69. The Morgan fingerprint density at radius 1 is 1.18 bits per heavy atom. The van der Waals surface area contributed by atoms with E-state index in [1.165, 1.54) is 0 Å². The predicted molar refractivity (Wildman–Crippen MR) is 111 cm³/mol. The van der Waals surface area contributed by atoms with Gasteiger partial charge in [-0.2, -0.15) is 5.26 Å². The fourth-order valence-electron chi connectivity index (χ4n) is 4.73. The number of hydrogen-bond donors (Lipinski definition) is 1. The number of anilines is 1.